The van der Waals surface area contributed by atoms with Crippen LogP contribution in [0.1, 0.15) is 0 Å². The van der Waals surface area contributed by atoms with Gasteiger partial charge in [-0.25, -0.2) is 9.97 Å². The van der Waals surface area contributed by atoms with Gasteiger partial charge in [0.05, 0.1) is 25.4 Å². The summed E-state index contributed by atoms with van der Waals surface area (Å²) in [5, 5.41) is 2.71. The first-order chi connectivity index (χ1) is 9.69. The van der Waals surface area contributed by atoms with E-state index < -0.39 is 0 Å². The first-order valence-corrected chi connectivity index (χ1v) is 5.87. The number of ether oxygens (including phenoxy) is 3. The zero-order valence-corrected chi connectivity index (χ0v) is 11.5. The monoisotopic (exact) mass is 277 g/mol. The lowest BCUT2D eigenvalue weighted by molar-refractivity contribution is -0.119. The number of benzene rings is 1. The number of nitrogens with zero attached hydrogens (tertiary/aromatic N) is 2. The second kappa shape index (κ2) is 6.16. The van der Waals surface area contributed by atoms with Gasteiger partial charge in [-0.2, -0.15) is 0 Å². The lowest BCUT2D eigenvalue weighted by Crippen LogP contribution is -2.17. The molecule has 0 spiro atoms. The molecule has 7 nitrogen and oxygen atoms in total. The van der Waals surface area contributed by atoms with Crippen molar-refractivity contribution in [1.29, 1.82) is 0 Å². The summed E-state index contributed by atoms with van der Waals surface area (Å²) in [4.78, 5) is 20.2. The normalized spacial score (nSPS) is 10.3. The number of anilines is 1. The molecule has 1 heterocycles. The molecule has 2 aromatic rings. The number of rotatable bonds is 5. The van der Waals surface area contributed by atoms with E-state index >= 15 is 0 Å². The van der Waals surface area contributed by atoms with Crippen molar-refractivity contribution in [3.63, 3.8) is 0 Å². The third-order valence-electron chi connectivity index (χ3n) is 2.57. The van der Waals surface area contributed by atoms with Crippen LogP contribution in [0.15, 0.2) is 18.2 Å². The molecule has 7 heteroatoms. The summed E-state index contributed by atoms with van der Waals surface area (Å²) in [6.07, 6.45) is 0. The summed E-state index contributed by atoms with van der Waals surface area (Å²) < 4.78 is 15.0. The minimum Gasteiger partial charge on any atom is -0.477 e. The molecule has 0 unspecified atom stereocenters. The Labute approximate surface area is 115 Å². The number of hydrogen-bond donors (Lipinski definition) is 1. The molecule has 0 saturated carbocycles. The zero-order chi connectivity index (χ0) is 14.5. The van der Waals surface area contributed by atoms with E-state index in [0.29, 0.717) is 22.6 Å². The van der Waals surface area contributed by atoms with Crippen LogP contribution in [0.2, 0.25) is 0 Å². The third-order valence-corrected chi connectivity index (χ3v) is 2.57. The number of hydrogen-bond acceptors (Lipinski definition) is 6. The Kier molecular flexibility index (Phi) is 4.31. The second-order valence-electron chi connectivity index (χ2n) is 3.90. The average molecular weight is 277 g/mol. The highest BCUT2D eigenvalue weighted by molar-refractivity contribution is 6.00. The van der Waals surface area contributed by atoms with Gasteiger partial charge >= 0.3 is 0 Å². The molecular formula is C13H15N3O4. The van der Waals surface area contributed by atoms with E-state index in [-0.39, 0.29) is 18.4 Å². The van der Waals surface area contributed by atoms with Gasteiger partial charge in [-0.1, -0.05) is 6.07 Å². The zero-order valence-electron chi connectivity index (χ0n) is 11.5. The molecule has 0 radical (unpaired) electrons. The van der Waals surface area contributed by atoms with Crippen LogP contribution in [-0.4, -0.2) is 43.8 Å². The molecule has 0 saturated heterocycles. The van der Waals surface area contributed by atoms with Gasteiger partial charge in [0.15, 0.2) is 0 Å². The van der Waals surface area contributed by atoms with Gasteiger partial charge in [0.25, 0.3) is 11.8 Å². The Hall–Kier alpha value is -2.41. The standard InChI is InChI=1S/C13H15N3O4/c1-18-7-10(17)14-8-5-4-6-9-11(8)16-13(20-3)12(15-9)19-2/h4-6H,7H2,1-3H3,(H,14,17). The van der Waals surface area contributed by atoms with Crippen molar-refractivity contribution in [2.24, 2.45) is 0 Å². The van der Waals surface area contributed by atoms with Crippen molar-refractivity contribution in [1.82, 2.24) is 9.97 Å². The molecule has 0 aliphatic carbocycles. The van der Waals surface area contributed by atoms with Crippen LogP contribution >= 0.6 is 0 Å². The summed E-state index contributed by atoms with van der Waals surface area (Å²) in [6.45, 7) is -0.0306. The van der Waals surface area contributed by atoms with Crippen LogP contribution < -0.4 is 14.8 Å². The Morgan fingerprint density at radius 2 is 1.85 bits per heavy atom. The van der Waals surface area contributed by atoms with E-state index in [1.165, 1.54) is 21.3 Å². The van der Waals surface area contributed by atoms with Gasteiger partial charge in [0.2, 0.25) is 5.91 Å². The Morgan fingerprint density at radius 1 is 1.15 bits per heavy atom. The molecule has 1 aromatic heterocycles. The van der Waals surface area contributed by atoms with Crippen molar-refractivity contribution in [3.8, 4) is 11.8 Å². The van der Waals surface area contributed by atoms with E-state index in [2.05, 4.69) is 15.3 Å². The van der Waals surface area contributed by atoms with Crippen LogP contribution in [-0.2, 0) is 9.53 Å². The maximum absolute atomic E-state index is 11.6. The lowest BCUT2D eigenvalue weighted by Gasteiger charge is -2.10. The molecule has 20 heavy (non-hydrogen) atoms. The summed E-state index contributed by atoms with van der Waals surface area (Å²) in [5.41, 5.74) is 1.66. The first-order valence-electron chi connectivity index (χ1n) is 5.87. The Bertz CT molecular complexity index is 630. The Balaban J connectivity index is 2.48. The second-order valence-corrected chi connectivity index (χ2v) is 3.90. The topological polar surface area (TPSA) is 82.6 Å². The van der Waals surface area contributed by atoms with Gasteiger partial charge in [0.1, 0.15) is 12.1 Å². The predicted octanol–water partition coefficient (Wildman–Crippen LogP) is 1.23. The molecule has 106 valence electrons. The highest BCUT2D eigenvalue weighted by Gasteiger charge is 2.13. The fourth-order valence-corrected chi connectivity index (χ4v) is 1.73. The van der Waals surface area contributed by atoms with E-state index in [1.807, 2.05) is 0 Å². The highest BCUT2D eigenvalue weighted by Crippen LogP contribution is 2.28. The molecule has 0 atom stereocenters. The molecular weight excluding hydrogens is 262 g/mol. The van der Waals surface area contributed by atoms with E-state index in [9.17, 15) is 4.79 Å². The number of carbonyl (C=O) groups excluding carboxylic acids is 1. The smallest absolute Gasteiger partial charge is 0.278 e. The van der Waals surface area contributed by atoms with E-state index in [0.717, 1.165) is 0 Å². The molecule has 0 fully saturated rings. The third kappa shape index (κ3) is 2.77. The van der Waals surface area contributed by atoms with E-state index in [1.54, 1.807) is 18.2 Å². The molecule has 1 aromatic carbocycles. The highest BCUT2D eigenvalue weighted by atomic mass is 16.5. The summed E-state index contributed by atoms with van der Waals surface area (Å²) in [6, 6.07) is 5.28. The molecule has 0 aliphatic heterocycles. The van der Waals surface area contributed by atoms with Crippen LogP contribution in [0.3, 0.4) is 0 Å². The largest absolute Gasteiger partial charge is 0.477 e. The predicted molar refractivity (Wildman–Crippen MR) is 73.1 cm³/mol. The molecule has 2 rings (SSSR count). The van der Waals surface area contributed by atoms with Gasteiger partial charge in [-0.05, 0) is 12.1 Å². The van der Waals surface area contributed by atoms with Crippen molar-refractivity contribution in [2.45, 2.75) is 0 Å². The van der Waals surface area contributed by atoms with Gasteiger partial charge in [0, 0.05) is 7.11 Å². The molecule has 0 aliphatic rings. The van der Waals surface area contributed by atoms with Gasteiger partial charge in [-0.15, -0.1) is 0 Å². The van der Waals surface area contributed by atoms with Crippen LogP contribution in [0, 0.1) is 0 Å². The molecule has 0 bridgehead atoms. The maximum atomic E-state index is 11.6. The fraction of sp³-hybridized carbons (Fsp3) is 0.308. The SMILES string of the molecule is COCC(=O)Nc1cccc2nc(OC)c(OC)nc12. The maximum Gasteiger partial charge on any atom is 0.278 e. The average Bonchev–Trinajstić information content (AvgIpc) is 2.46. The van der Waals surface area contributed by atoms with Crippen molar-refractivity contribution in [2.75, 3.05) is 33.3 Å². The summed E-state index contributed by atoms with van der Waals surface area (Å²) >= 11 is 0. The number of nitrogens with one attached hydrogen (secondary N) is 1. The number of aromatic nitrogens is 2. The lowest BCUT2D eigenvalue weighted by atomic mass is 10.2. The van der Waals surface area contributed by atoms with Crippen LogP contribution in [0.5, 0.6) is 11.8 Å². The number of fused-ring (bicyclic) bond motifs is 1. The Morgan fingerprint density at radius 3 is 2.50 bits per heavy atom. The molecule has 1 N–H and O–H groups in total. The van der Waals surface area contributed by atoms with E-state index in [4.69, 9.17) is 14.2 Å². The van der Waals surface area contributed by atoms with Gasteiger partial charge in [-0.3, -0.25) is 4.79 Å². The summed E-state index contributed by atoms with van der Waals surface area (Å²) in [5.74, 6) is 0.283. The number of para-hydroxylation sites is 1. The minimum atomic E-state index is -0.267. The van der Waals surface area contributed by atoms with Crippen molar-refractivity contribution >= 4 is 22.6 Å². The van der Waals surface area contributed by atoms with Crippen molar-refractivity contribution < 1.29 is 19.0 Å². The minimum absolute atomic E-state index is 0.0306. The number of methoxy groups -OCH3 is 3. The van der Waals surface area contributed by atoms with Crippen molar-refractivity contribution in [3.05, 3.63) is 18.2 Å². The quantitative estimate of drug-likeness (QED) is 0.885. The van der Waals surface area contributed by atoms with Gasteiger partial charge < -0.3 is 19.5 Å². The molecule has 1 amide bonds. The summed E-state index contributed by atoms with van der Waals surface area (Å²) in [7, 11) is 4.42. The van der Waals surface area contributed by atoms with Crippen LogP contribution in [0.4, 0.5) is 5.69 Å². The number of amides is 1. The van der Waals surface area contributed by atoms with Crippen LogP contribution in [0.25, 0.3) is 11.0 Å². The fourth-order valence-electron chi connectivity index (χ4n) is 1.73. The number of carbonyl (C=O) groups is 1. The first kappa shape index (κ1) is 14.0.